The van der Waals surface area contributed by atoms with Crippen molar-refractivity contribution in [2.45, 2.75) is 25.2 Å². The number of hydrogen-bond acceptors (Lipinski definition) is 2. The molecule has 4 rings (SSSR count). The fourth-order valence-corrected chi connectivity index (χ4v) is 4.16. The average Bonchev–Trinajstić information content (AvgIpc) is 3.02. The molecule has 1 unspecified atom stereocenters. The maximum atomic E-state index is 12.4. The van der Waals surface area contributed by atoms with Gasteiger partial charge in [0, 0.05) is 11.8 Å². The number of hydrogen-bond donors (Lipinski definition) is 0. The van der Waals surface area contributed by atoms with Crippen molar-refractivity contribution in [2.24, 2.45) is 0 Å². The minimum absolute atomic E-state index is 0.0556. The van der Waals surface area contributed by atoms with Crippen LogP contribution in [0.1, 0.15) is 41.9 Å². The van der Waals surface area contributed by atoms with Crippen LogP contribution in [0.25, 0.3) is 11.1 Å². The van der Waals surface area contributed by atoms with Crippen molar-refractivity contribution in [3.05, 3.63) is 95.6 Å². The van der Waals surface area contributed by atoms with Crippen molar-refractivity contribution in [3.8, 4) is 11.1 Å². The zero-order valence-corrected chi connectivity index (χ0v) is 14.9. The Morgan fingerprint density at radius 1 is 0.846 bits per heavy atom. The fraction of sp³-hybridized carbons (Fsp3) is 0.208. The maximum Gasteiger partial charge on any atom is 0.306 e. The Morgan fingerprint density at radius 3 is 1.96 bits per heavy atom. The second-order valence-corrected chi connectivity index (χ2v) is 6.68. The lowest BCUT2D eigenvalue weighted by atomic mass is 9.78. The lowest BCUT2D eigenvalue weighted by Crippen LogP contribution is -2.17. The Bertz CT molecular complexity index is 869. The zero-order chi connectivity index (χ0) is 17.9. The first-order chi connectivity index (χ1) is 12.8. The molecule has 3 aromatic carbocycles. The molecule has 3 aromatic rings. The number of carbonyl (C=O) groups is 1. The van der Waals surface area contributed by atoms with Gasteiger partial charge in [0.1, 0.15) is 0 Å². The second-order valence-electron chi connectivity index (χ2n) is 6.68. The van der Waals surface area contributed by atoms with Crippen LogP contribution < -0.4 is 0 Å². The fourth-order valence-electron chi connectivity index (χ4n) is 4.16. The van der Waals surface area contributed by atoms with E-state index >= 15 is 0 Å². The molecule has 0 heterocycles. The van der Waals surface area contributed by atoms with Crippen LogP contribution in [-0.4, -0.2) is 12.6 Å². The molecule has 1 aliphatic carbocycles. The van der Waals surface area contributed by atoms with Crippen LogP contribution >= 0.6 is 0 Å². The standard InChI is InChI=1S/C24H22O2/c1-2-26-23(25)16-22(17-10-4-3-5-11-17)24-20-14-8-6-12-18(20)19-13-7-9-15-21(19)24/h3-15,22,24H,2,16H2,1H3. The molecule has 0 spiro atoms. The van der Waals surface area contributed by atoms with Crippen molar-refractivity contribution < 1.29 is 9.53 Å². The van der Waals surface area contributed by atoms with Crippen LogP contribution in [-0.2, 0) is 9.53 Å². The molecule has 2 heteroatoms. The summed E-state index contributed by atoms with van der Waals surface area (Å²) in [5, 5.41) is 0. The van der Waals surface area contributed by atoms with Gasteiger partial charge in [0.25, 0.3) is 0 Å². The average molecular weight is 342 g/mol. The number of esters is 1. The van der Waals surface area contributed by atoms with Crippen LogP contribution in [0.15, 0.2) is 78.9 Å². The van der Waals surface area contributed by atoms with E-state index in [-0.39, 0.29) is 17.8 Å². The molecule has 1 atom stereocenters. The van der Waals surface area contributed by atoms with Crippen LogP contribution in [0.2, 0.25) is 0 Å². The highest BCUT2D eigenvalue weighted by Gasteiger charge is 2.36. The molecule has 0 amide bonds. The van der Waals surface area contributed by atoms with E-state index in [2.05, 4.69) is 60.7 Å². The third-order valence-corrected chi connectivity index (χ3v) is 5.20. The van der Waals surface area contributed by atoms with E-state index in [1.54, 1.807) is 0 Å². The maximum absolute atomic E-state index is 12.4. The molecule has 130 valence electrons. The first-order valence-electron chi connectivity index (χ1n) is 9.18. The lowest BCUT2D eigenvalue weighted by Gasteiger charge is -2.25. The van der Waals surface area contributed by atoms with Crippen LogP contribution in [0.3, 0.4) is 0 Å². The molecule has 0 saturated heterocycles. The van der Waals surface area contributed by atoms with Gasteiger partial charge < -0.3 is 4.74 Å². The number of rotatable bonds is 5. The summed E-state index contributed by atoms with van der Waals surface area (Å²) in [6.45, 7) is 2.27. The van der Waals surface area contributed by atoms with Crippen molar-refractivity contribution in [2.75, 3.05) is 6.61 Å². The van der Waals surface area contributed by atoms with Crippen molar-refractivity contribution in [1.29, 1.82) is 0 Å². The van der Waals surface area contributed by atoms with Gasteiger partial charge in [-0.3, -0.25) is 4.79 Å². The number of benzene rings is 3. The first-order valence-corrected chi connectivity index (χ1v) is 9.18. The normalized spacial score (nSPS) is 13.7. The molecule has 0 N–H and O–H groups in total. The van der Waals surface area contributed by atoms with E-state index in [0.29, 0.717) is 13.0 Å². The van der Waals surface area contributed by atoms with E-state index in [9.17, 15) is 4.79 Å². The summed E-state index contributed by atoms with van der Waals surface area (Å²) in [6.07, 6.45) is 0.380. The quantitative estimate of drug-likeness (QED) is 0.569. The predicted molar refractivity (Wildman–Crippen MR) is 104 cm³/mol. The van der Waals surface area contributed by atoms with E-state index in [1.165, 1.54) is 27.8 Å². The van der Waals surface area contributed by atoms with Gasteiger partial charge in [-0.1, -0.05) is 78.9 Å². The highest BCUT2D eigenvalue weighted by molar-refractivity contribution is 5.80. The smallest absolute Gasteiger partial charge is 0.306 e. The van der Waals surface area contributed by atoms with Crippen LogP contribution in [0.5, 0.6) is 0 Å². The molecular formula is C24H22O2. The Kier molecular flexibility index (Phi) is 4.57. The molecule has 0 aromatic heterocycles. The van der Waals surface area contributed by atoms with Gasteiger partial charge in [-0.25, -0.2) is 0 Å². The summed E-state index contributed by atoms with van der Waals surface area (Å²) in [6, 6.07) is 27.4. The first kappa shape index (κ1) is 16.6. The second kappa shape index (κ2) is 7.17. The van der Waals surface area contributed by atoms with Crippen molar-refractivity contribution in [1.82, 2.24) is 0 Å². The largest absolute Gasteiger partial charge is 0.466 e. The zero-order valence-electron chi connectivity index (χ0n) is 14.9. The molecule has 0 aliphatic heterocycles. The van der Waals surface area contributed by atoms with Gasteiger partial charge in [0.15, 0.2) is 0 Å². The van der Waals surface area contributed by atoms with Gasteiger partial charge in [0.05, 0.1) is 13.0 Å². The Morgan fingerprint density at radius 2 is 1.38 bits per heavy atom. The molecule has 2 nitrogen and oxygen atoms in total. The van der Waals surface area contributed by atoms with Crippen molar-refractivity contribution in [3.63, 3.8) is 0 Å². The molecule has 0 radical (unpaired) electrons. The molecule has 0 fully saturated rings. The lowest BCUT2D eigenvalue weighted by molar-refractivity contribution is -0.143. The van der Waals surface area contributed by atoms with Crippen LogP contribution in [0, 0.1) is 0 Å². The highest BCUT2D eigenvalue weighted by Crippen LogP contribution is 2.51. The van der Waals surface area contributed by atoms with E-state index < -0.39 is 0 Å². The van der Waals surface area contributed by atoms with E-state index in [1.807, 2.05) is 25.1 Å². The van der Waals surface area contributed by atoms with Gasteiger partial charge in [-0.15, -0.1) is 0 Å². The Balaban J connectivity index is 1.84. The third kappa shape index (κ3) is 2.92. The minimum Gasteiger partial charge on any atom is -0.466 e. The van der Waals surface area contributed by atoms with Gasteiger partial charge in [-0.2, -0.15) is 0 Å². The number of fused-ring (bicyclic) bond motifs is 3. The predicted octanol–water partition coefficient (Wildman–Crippen LogP) is 5.54. The van der Waals surface area contributed by atoms with Crippen molar-refractivity contribution >= 4 is 5.97 Å². The summed E-state index contributed by atoms with van der Waals surface area (Å²) >= 11 is 0. The van der Waals surface area contributed by atoms with Gasteiger partial charge in [-0.05, 0) is 34.7 Å². The molecular weight excluding hydrogens is 320 g/mol. The van der Waals surface area contributed by atoms with E-state index in [0.717, 1.165) is 0 Å². The van der Waals surface area contributed by atoms with Gasteiger partial charge >= 0.3 is 5.97 Å². The third-order valence-electron chi connectivity index (χ3n) is 5.20. The monoisotopic (exact) mass is 342 g/mol. The number of carbonyl (C=O) groups excluding carboxylic acids is 1. The topological polar surface area (TPSA) is 26.3 Å². The Labute approximate surface area is 154 Å². The van der Waals surface area contributed by atoms with E-state index in [4.69, 9.17) is 4.74 Å². The van der Waals surface area contributed by atoms with Gasteiger partial charge in [0.2, 0.25) is 0 Å². The molecule has 0 saturated carbocycles. The summed E-state index contributed by atoms with van der Waals surface area (Å²) in [5.74, 6) is 0.0810. The SMILES string of the molecule is CCOC(=O)CC(c1ccccc1)C1c2ccccc2-c2ccccc21. The summed E-state index contributed by atoms with van der Waals surface area (Å²) in [4.78, 5) is 12.4. The summed E-state index contributed by atoms with van der Waals surface area (Å²) < 4.78 is 5.29. The molecule has 0 bridgehead atoms. The summed E-state index contributed by atoms with van der Waals surface area (Å²) in [7, 11) is 0. The minimum atomic E-state index is -0.136. The number of ether oxygens (including phenoxy) is 1. The van der Waals surface area contributed by atoms with Crippen LogP contribution in [0.4, 0.5) is 0 Å². The summed E-state index contributed by atoms with van der Waals surface area (Å²) in [5.41, 5.74) is 6.33. The Hall–Kier alpha value is -2.87. The highest BCUT2D eigenvalue weighted by atomic mass is 16.5. The molecule has 26 heavy (non-hydrogen) atoms. The molecule has 1 aliphatic rings.